The first-order valence-electron chi connectivity index (χ1n) is 7.79. The zero-order chi connectivity index (χ0) is 16.5. The molecule has 0 aliphatic heterocycles. The van der Waals surface area contributed by atoms with Crippen LogP contribution in [-0.4, -0.2) is 18.9 Å². The minimum absolute atomic E-state index is 0.0204. The zero-order valence-electron chi connectivity index (χ0n) is 13.4. The smallest absolute Gasteiger partial charge is 0.226 e. The van der Waals surface area contributed by atoms with Crippen molar-refractivity contribution in [3.8, 4) is 0 Å². The van der Waals surface area contributed by atoms with E-state index in [0.717, 1.165) is 11.3 Å². The normalized spacial score (nSPS) is 10.1. The molecular weight excluding hydrogens is 288 g/mol. The van der Waals surface area contributed by atoms with E-state index in [1.807, 2.05) is 60.7 Å². The third-order valence-electron chi connectivity index (χ3n) is 3.64. The maximum absolute atomic E-state index is 12.1. The van der Waals surface area contributed by atoms with Crippen molar-refractivity contribution in [3.63, 3.8) is 0 Å². The fourth-order valence-electron chi connectivity index (χ4n) is 2.25. The van der Waals surface area contributed by atoms with Gasteiger partial charge >= 0.3 is 0 Å². The van der Waals surface area contributed by atoms with Crippen LogP contribution in [0.5, 0.6) is 0 Å². The molecule has 2 amide bonds. The standard InChI is InChI=1S/C19H22N2O2/c1-21(17-11-6-3-7-12-17)19(23)14-8-13-18(22)20-15-16-9-4-2-5-10-16/h2-7,9-12H,8,13-15H2,1H3,(H,20,22). The zero-order valence-corrected chi connectivity index (χ0v) is 13.4. The number of anilines is 1. The topological polar surface area (TPSA) is 49.4 Å². The summed E-state index contributed by atoms with van der Waals surface area (Å²) < 4.78 is 0. The van der Waals surface area contributed by atoms with Crippen LogP contribution < -0.4 is 10.2 Å². The van der Waals surface area contributed by atoms with E-state index >= 15 is 0 Å². The Balaban J connectivity index is 1.68. The lowest BCUT2D eigenvalue weighted by Gasteiger charge is -2.17. The van der Waals surface area contributed by atoms with Crippen LogP contribution >= 0.6 is 0 Å². The number of para-hydroxylation sites is 1. The van der Waals surface area contributed by atoms with E-state index in [2.05, 4.69) is 5.32 Å². The van der Waals surface area contributed by atoms with Crippen molar-refractivity contribution in [3.05, 3.63) is 66.2 Å². The van der Waals surface area contributed by atoms with Crippen molar-refractivity contribution in [2.24, 2.45) is 0 Å². The van der Waals surface area contributed by atoms with Crippen LogP contribution in [0.3, 0.4) is 0 Å². The molecule has 0 radical (unpaired) electrons. The number of benzene rings is 2. The molecule has 0 fully saturated rings. The lowest BCUT2D eigenvalue weighted by Crippen LogP contribution is -2.27. The molecule has 1 N–H and O–H groups in total. The average Bonchev–Trinajstić information content (AvgIpc) is 2.61. The fourth-order valence-corrected chi connectivity index (χ4v) is 2.25. The summed E-state index contributed by atoms with van der Waals surface area (Å²) in [4.78, 5) is 25.5. The maximum atomic E-state index is 12.1. The van der Waals surface area contributed by atoms with Gasteiger partial charge in [-0.3, -0.25) is 9.59 Å². The van der Waals surface area contributed by atoms with Gasteiger partial charge in [0.1, 0.15) is 0 Å². The molecule has 0 aliphatic carbocycles. The van der Waals surface area contributed by atoms with Crippen LogP contribution in [-0.2, 0) is 16.1 Å². The van der Waals surface area contributed by atoms with E-state index in [1.54, 1.807) is 11.9 Å². The second-order valence-corrected chi connectivity index (χ2v) is 5.40. The lowest BCUT2D eigenvalue weighted by molar-refractivity contribution is -0.121. The second-order valence-electron chi connectivity index (χ2n) is 5.40. The monoisotopic (exact) mass is 310 g/mol. The first-order chi connectivity index (χ1) is 11.2. The van der Waals surface area contributed by atoms with E-state index in [-0.39, 0.29) is 11.8 Å². The van der Waals surface area contributed by atoms with Gasteiger partial charge in [-0.1, -0.05) is 48.5 Å². The number of amides is 2. The van der Waals surface area contributed by atoms with Crippen molar-refractivity contribution >= 4 is 17.5 Å². The highest BCUT2D eigenvalue weighted by Gasteiger charge is 2.11. The molecule has 0 saturated carbocycles. The Labute approximate surface area is 137 Å². The molecular formula is C19H22N2O2. The van der Waals surface area contributed by atoms with Gasteiger partial charge in [0.2, 0.25) is 11.8 Å². The number of carbonyl (C=O) groups excluding carboxylic acids is 2. The molecule has 120 valence electrons. The van der Waals surface area contributed by atoms with Crippen molar-refractivity contribution in [1.82, 2.24) is 5.32 Å². The van der Waals surface area contributed by atoms with Crippen molar-refractivity contribution in [2.75, 3.05) is 11.9 Å². The van der Waals surface area contributed by atoms with Gasteiger partial charge in [-0.25, -0.2) is 0 Å². The van der Waals surface area contributed by atoms with Crippen LogP contribution in [0, 0.1) is 0 Å². The van der Waals surface area contributed by atoms with Crippen LogP contribution in [0.25, 0.3) is 0 Å². The summed E-state index contributed by atoms with van der Waals surface area (Å²) >= 11 is 0. The number of hydrogen-bond acceptors (Lipinski definition) is 2. The molecule has 0 unspecified atom stereocenters. The van der Waals surface area contributed by atoms with E-state index in [4.69, 9.17) is 0 Å². The Morgan fingerprint density at radius 3 is 2.17 bits per heavy atom. The molecule has 0 spiro atoms. The van der Waals surface area contributed by atoms with E-state index in [1.165, 1.54) is 0 Å². The van der Waals surface area contributed by atoms with E-state index in [0.29, 0.717) is 25.8 Å². The Morgan fingerprint density at radius 2 is 1.52 bits per heavy atom. The number of carbonyl (C=O) groups is 2. The van der Waals surface area contributed by atoms with Gasteiger partial charge in [-0.2, -0.15) is 0 Å². The lowest BCUT2D eigenvalue weighted by atomic mass is 10.2. The summed E-state index contributed by atoms with van der Waals surface area (Å²) in [6.45, 7) is 0.525. The average molecular weight is 310 g/mol. The molecule has 2 aromatic rings. The predicted octanol–water partition coefficient (Wildman–Crippen LogP) is 3.14. The summed E-state index contributed by atoms with van der Waals surface area (Å²) in [5.74, 6) is -0.00363. The molecule has 0 aliphatic rings. The molecule has 2 rings (SSSR count). The highest BCUT2D eigenvalue weighted by molar-refractivity contribution is 5.92. The Kier molecular flexibility index (Phi) is 6.36. The maximum Gasteiger partial charge on any atom is 0.226 e. The Morgan fingerprint density at radius 1 is 0.913 bits per heavy atom. The van der Waals surface area contributed by atoms with Gasteiger partial charge in [-0.05, 0) is 24.1 Å². The predicted molar refractivity (Wildman–Crippen MR) is 92.0 cm³/mol. The van der Waals surface area contributed by atoms with Crippen molar-refractivity contribution in [1.29, 1.82) is 0 Å². The van der Waals surface area contributed by atoms with Crippen LogP contribution in [0.4, 0.5) is 5.69 Å². The molecule has 0 saturated heterocycles. The number of hydrogen-bond donors (Lipinski definition) is 1. The van der Waals surface area contributed by atoms with Crippen LogP contribution in [0.2, 0.25) is 0 Å². The first kappa shape index (κ1) is 16.7. The van der Waals surface area contributed by atoms with Crippen molar-refractivity contribution < 1.29 is 9.59 Å². The third-order valence-corrected chi connectivity index (χ3v) is 3.64. The minimum Gasteiger partial charge on any atom is -0.352 e. The number of rotatable bonds is 7. The van der Waals surface area contributed by atoms with Gasteiger partial charge in [0, 0.05) is 32.1 Å². The molecule has 23 heavy (non-hydrogen) atoms. The summed E-state index contributed by atoms with van der Waals surface area (Å²) in [7, 11) is 1.76. The summed E-state index contributed by atoms with van der Waals surface area (Å²) in [6, 6.07) is 19.3. The molecule has 0 heterocycles. The molecule has 2 aromatic carbocycles. The quantitative estimate of drug-likeness (QED) is 0.854. The largest absolute Gasteiger partial charge is 0.352 e. The first-order valence-corrected chi connectivity index (χ1v) is 7.79. The van der Waals surface area contributed by atoms with Gasteiger partial charge in [-0.15, -0.1) is 0 Å². The molecule has 0 aromatic heterocycles. The van der Waals surface area contributed by atoms with Crippen molar-refractivity contribution in [2.45, 2.75) is 25.8 Å². The van der Waals surface area contributed by atoms with Gasteiger partial charge < -0.3 is 10.2 Å². The molecule has 4 heteroatoms. The molecule has 4 nitrogen and oxygen atoms in total. The highest BCUT2D eigenvalue weighted by Crippen LogP contribution is 2.13. The Hall–Kier alpha value is -2.62. The van der Waals surface area contributed by atoms with Crippen LogP contribution in [0.15, 0.2) is 60.7 Å². The molecule has 0 atom stereocenters. The summed E-state index contributed by atoms with van der Waals surface area (Å²) in [5, 5.41) is 2.87. The third kappa shape index (κ3) is 5.58. The van der Waals surface area contributed by atoms with E-state index < -0.39 is 0 Å². The SMILES string of the molecule is CN(C(=O)CCCC(=O)NCc1ccccc1)c1ccccc1. The fraction of sp³-hybridized carbons (Fsp3) is 0.263. The summed E-state index contributed by atoms with van der Waals surface area (Å²) in [5.41, 5.74) is 1.94. The number of nitrogens with zero attached hydrogens (tertiary/aromatic N) is 1. The molecule has 0 bridgehead atoms. The summed E-state index contributed by atoms with van der Waals surface area (Å²) in [6.07, 6.45) is 1.28. The number of nitrogens with one attached hydrogen (secondary N) is 1. The van der Waals surface area contributed by atoms with Gasteiger partial charge in [0.25, 0.3) is 0 Å². The highest BCUT2D eigenvalue weighted by atomic mass is 16.2. The van der Waals surface area contributed by atoms with Gasteiger partial charge in [0.05, 0.1) is 0 Å². The van der Waals surface area contributed by atoms with Crippen LogP contribution in [0.1, 0.15) is 24.8 Å². The van der Waals surface area contributed by atoms with E-state index in [9.17, 15) is 9.59 Å². The van der Waals surface area contributed by atoms with Gasteiger partial charge in [0.15, 0.2) is 0 Å². The minimum atomic E-state index is -0.0241. The Bertz CT molecular complexity index is 626. The second kappa shape index (κ2) is 8.73.